The zero-order valence-corrected chi connectivity index (χ0v) is 24.9. The highest BCUT2D eigenvalue weighted by Gasteiger charge is 2.35. The number of halogens is 5. The summed E-state index contributed by atoms with van der Waals surface area (Å²) in [6.07, 6.45) is -2.61. The molecule has 1 atom stereocenters. The van der Waals surface area contributed by atoms with Crippen LogP contribution in [0.15, 0.2) is 59.7 Å². The topological polar surface area (TPSA) is 129 Å². The van der Waals surface area contributed by atoms with E-state index in [0.29, 0.717) is 6.20 Å². The van der Waals surface area contributed by atoms with Gasteiger partial charge >= 0.3 is 6.18 Å². The largest absolute Gasteiger partial charge is 0.495 e. The number of ether oxygens (including phenoxy) is 2. The number of nitrogens with one attached hydrogen (secondary N) is 2. The summed E-state index contributed by atoms with van der Waals surface area (Å²) in [5, 5.41) is 12.0. The van der Waals surface area contributed by atoms with Crippen molar-refractivity contribution in [2.24, 2.45) is 0 Å². The number of carbonyl (C=O) groups excluding carboxylic acids is 2. The van der Waals surface area contributed by atoms with E-state index in [1.54, 1.807) is 6.92 Å². The molecule has 16 heteroatoms. The van der Waals surface area contributed by atoms with Gasteiger partial charge in [0.05, 0.1) is 37.4 Å². The third-order valence-corrected chi connectivity index (χ3v) is 6.88. The van der Waals surface area contributed by atoms with Crippen molar-refractivity contribution in [3.63, 3.8) is 0 Å². The van der Waals surface area contributed by atoms with E-state index in [4.69, 9.17) is 21.1 Å². The number of anilines is 1. The molecule has 0 unspecified atom stereocenters. The highest BCUT2D eigenvalue weighted by Crippen LogP contribution is 2.36. The second kappa shape index (κ2) is 13.9. The maximum absolute atomic E-state index is 14.7. The Bertz CT molecular complexity index is 1770. The number of pyridine rings is 1. The molecule has 238 valence electrons. The van der Waals surface area contributed by atoms with Crippen molar-refractivity contribution >= 4 is 29.1 Å². The van der Waals surface area contributed by atoms with Crippen molar-refractivity contribution in [3.8, 4) is 22.6 Å². The molecule has 0 aliphatic carbocycles. The molecule has 0 aliphatic heterocycles. The number of benzene rings is 2. The average Bonchev–Trinajstić information content (AvgIpc) is 3.49. The molecule has 0 radical (unpaired) electrons. The number of aromatic nitrogens is 4. The van der Waals surface area contributed by atoms with Crippen LogP contribution in [0.5, 0.6) is 5.75 Å². The van der Waals surface area contributed by atoms with Crippen LogP contribution >= 0.6 is 11.6 Å². The molecule has 2 N–H and O–H groups in total. The van der Waals surface area contributed by atoms with E-state index >= 15 is 0 Å². The molecule has 2 aromatic heterocycles. The van der Waals surface area contributed by atoms with Crippen LogP contribution in [0.4, 0.5) is 23.2 Å². The van der Waals surface area contributed by atoms with Gasteiger partial charge in [-0.05, 0) is 42.8 Å². The standard InChI is InChI=1S/C29H27ClF4N6O5/c1-4-22(28(43)36-17-6-7-18(21(31)12-17)27(42)35-9-10-44-2)39-14-24(45-3)20(13-26(39)41)19-11-16(30)5-8-23(19)40-15-25(37-38-40)29(32,33)34/h5-8,11-15,22H,4,9-10H2,1-3H3,(H,35,42)(H,36,43)/t22-/m0/s1. The summed E-state index contributed by atoms with van der Waals surface area (Å²) in [5.74, 6) is -2.08. The highest BCUT2D eigenvalue weighted by atomic mass is 35.5. The Morgan fingerprint density at radius 1 is 1.07 bits per heavy atom. The minimum absolute atomic E-state index is 0.0515. The Labute approximate surface area is 258 Å². The molecular weight excluding hydrogens is 624 g/mol. The molecule has 0 spiro atoms. The predicted molar refractivity (Wildman–Crippen MR) is 156 cm³/mol. The Hall–Kier alpha value is -4.76. The van der Waals surface area contributed by atoms with E-state index in [2.05, 4.69) is 20.9 Å². The molecule has 4 aromatic rings. The lowest BCUT2D eigenvalue weighted by Crippen LogP contribution is -2.33. The van der Waals surface area contributed by atoms with Crippen LogP contribution in [0.3, 0.4) is 0 Å². The van der Waals surface area contributed by atoms with Crippen LogP contribution in [0.25, 0.3) is 16.8 Å². The van der Waals surface area contributed by atoms with Gasteiger partial charge in [-0.2, -0.15) is 13.2 Å². The fraction of sp³-hybridized carbons (Fsp3) is 0.276. The number of rotatable bonds is 11. The van der Waals surface area contributed by atoms with Crippen molar-refractivity contribution in [3.05, 3.63) is 87.3 Å². The van der Waals surface area contributed by atoms with Crippen LogP contribution in [-0.2, 0) is 15.7 Å². The summed E-state index contributed by atoms with van der Waals surface area (Å²) in [6.45, 7) is 2.08. The van der Waals surface area contributed by atoms with Gasteiger partial charge in [0.2, 0.25) is 5.91 Å². The smallest absolute Gasteiger partial charge is 0.436 e. The van der Waals surface area contributed by atoms with Crippen molar-refractivity contribution in [1.82, 2.24) is 24.9 Å². The van der Waals surface area contributed by atoms with Crippen LogP contribution in [0.1, 0.15) is 35.4 Å². The molecule has 0 saturated heterocycles. The van der Waals surface area contributed by atoms with Gasteiger partial charge < -0.3 is 20.1 Å². The first-order valence-electron chi connectivity index (χ1n) is 13.4. The van der Waals surface area contributed by atoms with Gasteiger partial charge in [-0.25, -0.2) is 9.07 Å². The van der Waals surface area contributed by atoms with Crippen molar-refractivity contribution in [2.45, 2.75) is 25.6 Å². The van der Waals surface area contributed by atoms with Gasteiger partial charge in [0.25, 0.3) is 11.5 Å². The Morgan fingerprint density at radius 2 is 1.82 bits per heavy atom. The minimum atomic E-state index is -4.73. The normalized spacial score (nSPS) is 12.1. The zero-order chi connectivity index (χ0) is 32.9. The summed E-state index contributed by atoms with van der Waals surface area (Å²) in [5.41, 5.74) is -1.55. The first-order chi connectivity index (χ1) is 21.4. The molecule has 0 saturated carbocycles. The quantitative estimate of drug-likeness (QED) is 0.175. The number of nitrogens with zero attached hydrogens (tertiary/aromatic N) is 4. The van der Waals surface area contributed by atoms with Crippen LogP contribution in [0.2, 0.25) is 5.02 Å². The van der Waals surface area contributed by atoms with Crippen molar-refractivity contribution in [2.75, 3.05) is 32.7 Å². The van der Waals surface area contributed by atoms with Gasteiger partial charge in [0.1, 0.15) is 17.6 Å². The summed E-state index contributed by atoms with van der Waals surface area (Å²) >= 11 is 6.20. The zero-order valence-electron chi connectivity index (χ0n) is 24.1. The molecule has 2 amide bonds. The Kier molecular flexibility index (Phi) is 10.2. The van der Waals surface area contributed by atoms with Gasteiger partial charge in [0, 0.05) is 41.6 Å². The Morgan fingerprint density at radius 3 is 2.44 bits per heavy atom. The van der Waals surface area contributed by atoms with E-state index in [1.807, 2.05) is 0 Å². The van der Waals surface area contributed by atoms with Crippen LogP contribution < -0.4 is 20.9 Å². The first kappa shape index (κ1) is 33.1. The van der Waals surface area contributed by atoms with E-state index in [-0.39, 0.29) is 58.4 Å². The van der Waals surface area contributed by atoms with E-state index in [9.17, 15) is 31.9 Å². The number of hydrogen-bond acceptors (Lipinski definition) is 7. The summed E-state index contributed by atoms with van der Waals surface area (Å²) in [4.78, 5) is 38.9. The fourth-order valence-electron chi connectivity index (χ4n) is 4.45. The number of methoxy groups -OCH3 is 2. The number of hydrogen-bond donors (Lipinski definition) is 2. The third-order valence-electron chi connectivity index (χ3n) is 6.64. The summed E-state index contributed by atoms with van der Waals surface area (Å²) in [6, 6.07) is 7.89. The molecular formula is C29H27ClF4N6O5. The first-order valence-corrected chi connectivity index (χ1v) is 13.7. The average molecular weight is 651 g/mol. The predicted octanol–water partition coefficient (Wildman–Crippen LogP) is 4.88. The maximum Gasteiger partial charge on any atom is 0.436 e. The van der Waals surface area contributed by atoms with Gasteiger partial charge in [-0.15, -0.1) is 5.10 Å². The molecule has 45 heavy (non-hydrogen) atoms. The van der Waals surface area contributed by atoms with Crippen molar-refractivity contribution in [1.29, 1.82) is 0 Å². The van der Waals surface area contributed by atoms with E-state index in [0.717, 1.165) is 21.4 Å². The molecule has 0 fully saturated rings. The van der Waals surface area contributed by atoms with Gasteiger partial charge in [0.15, 0.2) is 5.69 Å². The molecule has 2 heterocycles. The van der Waals surface area contributed by atoms with E-state index < -0.39 is 41.1 Å². The lowest BCUT2D eigenvalue weighted by Gasteiger charge is -2.21. The summed E-state index contributed by atoms with van der Waals surface area (Å²) in [7, 11) is 2.77. The number of carbonyl (C=O) groups is 2. The molecule has 11 nitrogen and oxygen atoms in total. The molecule has 0 aliphatic rings. The molecule has 2 aromatic carbocycles. The number of alkyl halides is 3. The SMILES string of the molecule is CC[C@@H](C(=O)Nc1ccc(C(=O)NCCOC)c(F)c1)n1cc(OC)c(-c2cc(Cl)ccc2-n2cc(C(F)(F)F)nn2)cc1=O. The van der Waals surface area contributed by atoms with E-state index in [1.165, 1.54) is 50.7 Å². The molecule has 4 rings (SSSR count). The fourth-order valence-corrected chi connectivity index (χ4v) is 4.63. The van der Waals surface area contributed by atoms with Gasteiger partial charge in [-0.1, -0.05) is 23.7 Å². The highest BCUT2D eigenvalue weighted by molar-refractivity contribution is 6.31. The molecule has 0 bridgehead atoms. The second-order valence-corrected chi connectivity index (χ2v) is 10.0. The van der Waals surface area contributed by atoms with Crippen LogP contribution in [-0.4, -0.2) is 58.7 Å². The third kappa shape index (κ3) is 7.49. The minimum Gasteiger partial charge on any atom is -0.495 e. The number of amides is 2. The van der Waals surface area contributed by atoms with Crippen LogP contribution in [0, 0.1) is 5.82 Å². The summed E-state index contributed by atoms with van der Waals surface area (Å²) < 4.78 is 66.6. The Balaban J connectivity index is 1.65. The monoisotopic (exact) mass is 650 g/mol. The maximum atomic E-state index is 14.7. The van der Waals surface area contributed by atoms with Crippen molar-refractivity contribution < 1.29 is 36.6 Å². The lowest BCUT2D eigenvalue weighted by molar-refractivity contribution is -0.141. The second-order valence-electron chi connectivity index (χ2n) is 9.57. The van der Waals surface area contributed by atoms with Gasteiger partial charge in [-0.3, -0.25) is 19.0 Å². The lowest BCUT2D eigenvalue weighted by atomic mass is 10.0.